The van der Waals surface area contributed by atoms with Crippen LogP contribution in [0.4, 0.5) is 4.79 Å². The molecule has 0 saturated heterocycles. The Bertz CT molecular complexity index is 1670. The summed E-state index contributed by atoms with van der Waals surface area (Å²) in [5.41, 5.74) is 0.112. The highest BCUT2D eigenvalue weighted by atomic mass is 16.6. The second-order valence-corrected chi connectivity index (χ2v) is 13.2. The van der Waals surface area contributed by atoms with E-state index in [4.69, 9.17) is 14.2 Å². The molecule has 3 amide bonds. The summed E-state index contributed by atoms with van der Waals surface area (Å²) >= 11 is 0. The lowest BCUT2D eigenvalue weighted by Gasteiger charge is -2.27. The zero-order valence-electron chi connectivity index (χ0n) is 29.3. The van der Waals surface area contributed by atoms with Gasteiger partial charge in [0.05, 0.1) is 5.57 Å². The van der Waals surface area contributed by atoms with Crippen molar-refractivity contribution in [2.24, 2.45) is 5.92 Å². The third kappa shape index (κ3) is 12.2. The Hall–Kier alpha value is -5.45. The van der Waals surface area contributed by atoms with Crippen LogP contribution in [-0.2, 0) is 46.4 Å². The van der Waals surface area contributed by atoms with Crippen LogP contribution in [0, 0.1) is 5.92 Å². The van der Waals surface area contributed by atoms with Gasteiger partial charge in [-0.25, -0.2) is 14.4 Å². The molecule has 3 aromatic rings. The number of carbonyl (C=O) groups is 5. The van der Waals surface area contributed by atoms with Crippen molar-refractivity contribution in [1.29, 1.82) is 0 Å². The highest BCUT2D eigenvalue weighted by molar-refractivity contribution is 6.02. The fourth-order valence-electron chi connectivity index (χ4n) is 5.01. The fraction of sp³-hybridized carbons (Fsp3) is 0.359. The average molecular weight is 686 g/mol. The van der Waals surface area contributed by atoms with Gasteiger partial charge < -0.3 is 30.2 Å². The molecule has 50 heavy (non-hydrogen) atoms. The van der Waals surface area contributed by atoms with Crippen LogP contribution in [0.2, 0.25) is 0 Å². The molecule has 3 unspecified atom stereocenters. The van der Waals surface area contributed by atoms with Gasteiger partial charge >= 0.3 is 18.0 Å². The largest absolute Gasteiger partial charge is 0.460 e. The summed E-state index contributed by atoms with van der Waals surface area (Å²) < 4.78 is 16.0. The van der Waals surface area contributed by atoms with Crippen LogP contribution in [0.3, 0.4) is 0 Å². The predicted molar refractivity (Wildman–Crippen MR) is 191 cm³/mol. The van der Waals surface area contributed by atoms with Crippen LogP contribution >= 0.6 is 0 Å². The number of carbonyl (C=O) groups excluding carboxylic acids is 5. The summed E-state index contributed by atoms with van der Waals surface area (Å²) in [5.74, 6) is -3.18. The first kappa shape index (κ1) is 39.0. The normalized spacial score (nSPS) is 12.9. The van der Waals surface area contributed by atoms with E-state index in [2.05, 4.69) is 29.1 Å². The molecule has 0 heterocycles. The SMILES string of the molecule is C=CCOC(=O)C(CC(C)C)NC(=O)C(Cc1cccc2ccccc12)NC(=O)C(NC(=O)OCc1ccccc1)C(=C)C(=O)OC(C)(C)C. The second-order valence-electron chi connectivity index (χ2n) is 13.2. The van der Waals surface area contributed by atoms with Crippen LogP contribution in [-0.4, -0.2) is 60.2 Å². The number of fused-ring (bicyclic) bond motifs is 1. The van der Waals surface area contributed by atoms with Crippen molar-refractivity contribution in [1.82, 2.24) is 16.0 Å². The van der Waals surface area contributed by atoms with E-state index in [-0.39, 0.29) is 37.5 Å². The molecular weight excluding hydrogens is 638 g/mol. The maximum atomic E-state index is 14.0. The van der Waals surface area contributed by atoms with Crippen molar-refractivity contribution in [3.05, 3.63) is 109 Å². The molecule has 0 radical (unpaired) electrons. The maximum Gasteiger partial charge on any atom is 0.408 e. The maximum absolute atomic E-state index is 14.0. The summed E-state index contributed by atoms with van der Waals surface area (Å²) in [6, 6.07) is 18.1. The Morgan fingerprint density at radius 1 is 0.800 bits per heavy atom. The number of esters is 2. The Balaban J connectivity index is 1.96. The summed E-state index contributed by atoms with van der Waals surface area (Å²) in [5, 5.41) is 9.61. The van der Waals surface area contributed by atoms with Crippen LogP contribution in [0.5, 0.6) is 0 Å². The Labute approximate surface area is 293 Å². The lowest BCUT2D eigenvalue weighted by atomic mass is 9.97. The summed E-state index contributed by atoms with van der Waals surface area (Å²) in [6.45, 7) is 15.9. The molecule has 0 saturated carbocycles. The molecule has 0 bridgehead atoms. The van der Waals surface area contributed by atoms with E-state index in [1.807, 2.05) is 62.4 Å². The van der Waals surface area contributed by atoms with Gasteiger partial charge in [0.1, 0.15) is 36.9 Å². The standard InChI is InChI=1S/C39H47N3O8/c1-8-21-48-37(46)32(22-25(2)3)41-34(43)31(23-29-19-14-18-28-17-12-13-20-30(28)29)40-35(44)33(26(4)36(45)50-39(5,6)7)42-38(47)49-24-27-15-10-9-11-16-27/h8-20,25,31-33H,1,4,21-24H2,2-3,5-7H3,(H,40,44)(H,41,43)(H,42,47). The molecule has 266 valence electrons. The molecule has 3 aromatic carbocycles. The number of nitrogens with one attached hydrogen (secondary N) is 3. The van der Waals surface area contributed by atoms with Gasteiger partial charge in [0.25, 0.3) is 0 Å². The average Bonchev–Trinajstić information content (AvgIpc) is 3.07. The third-order valence-electron chi connectivity index (χ3n) is 7.34. The number of amides is 3. The van der Waals surface area contributed by atoms with Crippen molar-refractivity contribution >= 4 is 40.6 Å². The molecule has 3 rings (SSSR count). The molecule has 0 spiro atoms. The second kappa shape index (κ2) is 18.4. The minimum Gasteiger partial charge on any atom is -0.460 e. The van der Waals surface area contributed by atoms with E-state index in [1.165, 1.54) is 6.08 Å². The van der Waals surface area contributed by atoms with Crippen molar-refractivity contribution in [3.8, 4) is 0 Å². The number of rotatable bonds is 16. The molecule has 0 fully saturated rings. The van der Waals surface area contributed by atoms with E-state index in [0.29, 0.717) is 5.56 Å². The first-order valence-electron chi connectivity index (χ1n) is 16.4. The number of ether oxygens (including phenoxy) is 3. The molecule has 0 aliphatic heterocycles. The summed E-state index contributed by atoms with van der Waals surface area (Å²) in [7, 11) is 0. The highest BCUT2D eigenvalue weighted by Gasteiger charge is 2.35. The van der Waals surface area contributed by atoms with Gasteiger partial charge in [-0.2, -0.15) is 0 Å². The van der Waals surface area contributed by atoms with E-state index in [9.17, 15) is 24.0 Å². The topological polar surface area (TPSA) is 149 Å². The molecular formula is C39H47N3O8. The first-order chi connectivity index (χ1) is 23.7. The minimum atomic E-state index is -1.68. The quantitative estimate of drug-likeness (QED) is 0.0794. The van der Waals surface area contributed by atoms with Crippen molar-refractivity contribution in [2.45, 2.75) is 77.8 Å². The van der Waals surface area contributed by atoms with Crippen molar-refractivity contribution in [2.75, 3.05) is 6.61 Å². The summed E-state index contributed by atoms with van der Waals surface area (Å²) in [6.07, 6.45) is 0.684. The molecule has 0 aliphatic rings. The van der Waals surface area contributed by atoms with Crippen LogP contribution < -0.4 is 16.0 Å². The number of hydrogen-bond donors (Lipinski definition) is 3. The molecule has 0 aromatic heterocycles. The van der Waals surface area contributed by atoms with Gasteiger partial charge in [0.15, 0.2) is 0 Å². The zero-order chi connectivity index (χ0) is 36.8. The van der Waals surface area contributed by atoms with Gasteiger partial charge in [-0.3, -0.25) is 9.59 Å². The van der Waals surface area contributed by atoms with Gasteiger partial charge in [0, 0.05) is 6.42 Å². The van der Waals surface area contributed by atoms with Crippen LogP contribution in [0.1, 0.15) is 52.2 Å². The Morgan fingerprint density at radius 3 is 2.10 bits per heavy atom. The fourth-order valence-corrected chi connectivity index (χ4v) is 5.01. The minimum absolute atomic E-state index is 0.000875. The number of hydrogen-bond acceptors (Lipinski definition) is 8. The van der Waals surface area contributed by atoms with E-state index < -0.39 is 53.6 Å². The molecule has 11 nitrogen and oxygen atoms in total. The van der Waals surface area contributed by atoms with Crippen LogP contribution in [0.25, 0.3) is 10.8 Å². The smallest absolute Gasteiger partial charge is 0.408 e. The number of alkyl carbamates (subject to hydrolysis) is 1. The van der Waals surface area contributed by atoms with Gasteiger partial charge in [-0.1, -0.05) is 106 Å². The highest BCUT2D eigenvalue weighted by Crippen LogP contribution is 2.21. The monoisotopic (exact) mass is 685 g/mol. The third-order valence-corrected chi connectivity index (χ3v) is 7.34. The Kier molecular flexibility index (Phi) is 14.3. The lowest BCUT2D eigenvalue weighted by Crippen LogP contribution is -2.57. The van der Waals surface area contributed by atoms with E-state index >= 15 is 0 Å². The first-order valence-corrected chi connectivity index (χ1v) is 16.4. The predicted octanol–water partition coefficient (Wildman–Crippen LogP) is 5.32. The zero-order valence-corrected chi connectivity index (χ0v) is 29.3. The van der Waals surface area contributed by atoms with Crippen LogP contribution in [0.15, 0.2) is 97.6 Å². The molecule has 0 aliphatic carbocycles. The van der Waals surface area contributed by atoms with Gasteiger partial charge in [0.2, 0.25) is 11.8 Å². The van der Waals surface area contributed by atoms with Crippen molar-refractivity contribution < 1.29 is 38.2 Å². The van der Waals surface area contributed by atoms with E-state index in [0.717, 1.165) is 16.3 Å². The Morgan fingerprint density at radius 2 is 1.44 bits per heavy atom. The number of benzene rings is 3. The molecule has 11 heteroatoms. The van der Waals surface area contributed by atoms with Crippen molar-refractivity contribution in [3.63, 3.8) is 0 Å². The molecule has 3 N–H and O–H groups in total. The van der Waals surface area contributed by atoms with Gasteiger partial charge in [-0.15, -0.1) is 0 Å². The van der Waals surface area contributed by atoms with E-state index in [1.54, 1.807) is 45.0 Å². The lowest BCUT2D eigenvalue weighted by molar-refractivity contribution is -0.151. The van der Waals surface area contributed by atoms with Gasteiger partial charge in [-0.05, 0) is 55.0 Å². The molecule has 3 atom stereocenters. The summed E-state index contributed by atoms with van der Waals surface area (Å²) in [4.78, 5) is 67.0.